The Kier molecular flexibility index (Phi) is 32.1. The molecule has 0 aromatic carbocycles. The Balaban J connectivity index is -0.000000662. The van der Waals surface area contributed by atoms with Gasteiger partial charge in [0.2, 0.25) is 17.6 Å². The van der Waals surface area contributed by atoms with E-state index in [-0.39, 0.29) is 21.2 Å². The van der Waals surface area contributed by atoms with Gasteiger partial charge in [0.25, 0.3) is 0 Å². The second-order valence-corrected chi connectivity index (χ2v) is 14.1. The summed E-state index contributed by atoms with van der Waals surface area (Å²) in [4.78, 5) is 29.8. The molecule has 0 fully saturated rings. The third kappa shape index (κ3) is 40.5. The van der Waals surface area contributed by atoms with Crippen molar-refractivity contribution >= 4 is 0 Å². The van der Waals surface area contributed by atoms with Crippen molar-refractivity contribution in [3.63, 3.8) is 0 Å². The van der Waals surface area contributed by atoms with Crippen molar-refractivity contribution in [2.45, 2.75) is 154 Å². The van der Waals surface area contributed by atoms with Crippen molar-refractivity contribution in [3.8, 4) is 0 Å². The Hall–Kier alpha value is -3.62. The van der Waals surface area contributed by atoms with Crippen molar-refractivity contribution in [2.24, 2.45) is 17.8 Å². The molecule has 49 heavy (non-hydrogen) atoms. The average Bonchev–Trinajstić information content (AvgIpc) is 2.98. The van der Waals surface area contributed by atoms with E-state index in [1.807, 2.05) is 0 Å². The fourth-order valence-electron chi connectivity index (χ4n) is 4.24. The van der Waals surface area contributed by atoms with Gasteiger partial charge in [0.15, 0.2) is 0 Å². The molecule has 280 valence electrons. The zero-order valence-electron chi connectivity index (χ0n) is 32.9. The summed E-state index contributed by atoms with van der Waals surface area (Å²) in [5.41, 5.74) is 5.98. The SMILES string of the molecule is CC(C)=CCC/C(C)=C/CCC(C)C/C=C(\C)[N+](=O)[O-].CC(C)=CCCC(C)C/C=C(\C)[N+](=O)[O-].CC(C)=CCCC(C)C/C=C/[N+](=O)[O-]. The van der Waals surface area contributed by atoms with E-state index in [1.54, 1.807) is 32.1 Å². The molecule has 0 N–H and O–H groups in total. The fraction of sp³-hybridized carbons (Fsp3) is 0.650. The van der Waals surface area contributed by atoms with E-state index in [2.05, 4.69) is 93.5 Å². The van der Waals surface area contributed by atoms with Crippen molar-refractivity contribution in [1.82, 2.24) is 0 Å². The molecule has 9 nitrogen and oxygen atoms in total. The molecule has 0 heterocycles. The molecular formula is C40H69N3O6. The van der Waals surface area contributed by atoms with Crippen molar-refractivity contribution in [2.75, 3.05) is 0 Å². The normalized spacial score (nSPS) is 13.5. The lowest BCUT2D eigenvalue weighted by Gasteiger charge is -2.07. The molecule has 0 aliphatic heterocycles. The fourth-order valence-corrected chi connectivity index (χ4v) is 4.24. The molecular weight excluding hydrogens is 618 g/mol. The van der Waals surface area contributed by atoms with Gasteiger partial charge in [-0.3, -0.25) is 30.3 Å². The molecule has 0 saturated heterocycles. The predicted molar refractivity (Wildman–Crippen MR) is 208 cm³/mol. The van der Waals surface area contributed by atoms with Gasteiger partial charge in [-0.25, -0.2) is 0 Å². The lowest BCUT2D eigenvalue weighted by atomic mass is 9.99. The second-order valence-electron chi connectivity index (χ2n) is 14.1. The zero-order chi connectivity index (χ0) is 38.4. The topological polar surface area (TPSA) is 129 Å². The summed E-state index contributed by atoms with van der Waals surface area (Å²) in [5, 5.41) is 30.8. The van der Waals surface area contributed by atoms with E-state index in [4.69, 9.17) is 0 Å². The minimum absolute atomic E-state index is 0.254. The molecule has 0 bridgehead atoms. The number of hydrogen-bond acceptors (Lipinski definition) is 6. The van der Waals surface area contributed by atoms with Crippen molar-refractivity contribution < 1.29 is 14.8 Å². The first-order chi connectivity index (χ1) is 22.8. The maximum absolute atomic E-state index is 10.5. The summed E-state index contributed by atoms with van der Waals surface area (Å²) in [6.07, 6.45) is 26.2. The summed E-state index contributed by atoms with van der Waals surface area (Å²) < 4.78 is 0. The van der Waals surface area contributed by atoms with Gasteiger partial charge in [-0.2, -0.15) is 0 Å². The molecule has 9 heteroatoms. The first-order valence-electron chi connectivity index (χ1n) is 17.8. The van der Waals surface area contributed by atoms with Crippen LogP contribution in [0.15, 0.2) is 82.4 Å². The van der Waals surface area contributed by atoms with Crippen LogP contribution in [0, 0.1) is 48.1 Å². The summed E-state index contributed by atoms with van der Waals surface area (Å²) in [6, 6.07) is 0. The lowest BCUT2D eigenvalue weighted by Crippen LogP contribution is -1.97. The Morgan fingerprint density at radius 3 is 1.20 bits per heavy atom. The van der Waals surface area contributed by atoms with E-state index in [9.17, 15) is 30.3 Å². The van der Waals surface area contributed by atoms with E-state index in [0.29, 0.717) is 17.8 Å². The first-order valence-corrected chi connectivity index (χ1v) is 17.8. The van der Waals surface area contributed by atoms with Gasteiger partial charge in [0.05, 0.1) is 14.8 Å². The standard InChI is InChI=1S/C17H29NO2.C12H21NO2.C11H19NO2/c1-14(2)8-6-9-15(3)10-7-11-16(4)12-13-17(5)18(19)20;1-10(2)6-5-7-11(3)8-9-12(4)13(14)15;1-10(2)6-4-7-11(3)8-5-9-12(13)14/h8,10,13,16H,6-7,9,11-12H2,1-5H3;6,9,11H,5,7-8H2,1-4H3;5-6,9,11H,4,7-8H2,1-3H3/b15-10+,17-13+;12-9+;9-5+. The van der Waals surface area contributed by atoms with Crippen LogP contribution in [0.5, 0.6) is 0 Å². The summed E-state index contributed by atoms with van der Waals surface area (Å²) in [5.74, 6) is 1.52. The van der Waals surface area contributed by atoms with Crippen LogP contribution in [0.2, 0.25) is 0 Å². The summed E-state index contributed by atoms with van der Waals surface area (Å²) >= 11 is 0. The van der Waals surface area contributed by atoms with Crippen molar-refractivity contribution in [1.29, 1.82) is 0 Å². The Labute approximate surface area is 298 Å². The predicted octanol–water partition coefficient (Wildman–Crippen LogP) is 13.2. The van der Waals surface area contributed by atoms with Gasteiger partial charge in [-0.1, -0.05) is 67.4 Å². The lowest BCUT2D eigenvalue weighted by molar-refractivity contribution is -0.424. The molecule has 0 saturated carbocycles. The second kappa shape index (κ2) is 31.6. The minimum atomic E-state index is -0.414. The molecule has 0 rings (SSSR count). The average molecular weight is 688 g/mol. The maximum atomic E-state index is 10.5. The van der Waals surface area contributed by atoms with Gasteiger partial charge >= 0.3 is 0 Å². The number of nitro groups is 3. The van der Waals surface area contributed by atoms with Gasteiger partial charge in [0.1, 0.15) is 0 Å². The highest BCUT2D eigenvalue weighted by atomic mass is 16.6. The van der Waals surface area contributed by atoms with Crippen LogP contribution < -0.4 is 0 Å². The molecule has 0 aliphatic rings. The number of hydrogen-bond donors (Lipinski definition) is 0. The van der Waals surface area contributed by atoms with Crippen molar-refractivity contribution in [3.05, 3.63) is 113 Å². The first kappa shape index (κ1) is 49.8. The molecule has 0 spiro atoms. The van der Waals surface area contributed by atoms with Gasteiger partial charge in [-0.05, 0) is 155 Å². The van der Waals surface area contributed by atoms with Crippen LogP contribution in [0.4, 0.5) is 0 Å². The van der Waals surface area contributed by atoms with Crippen LogP contribution in [-0.2, 0) is 0 Å². The third-order valence-electron chi connectivity index (χ3n) is 7.64. The Morgan fingerprint density at radius 1 is 0.510 bits per heavy atom. The highest BCUT2D eigenvalue weighted by molar-refractivity contribution is 5.02. The largest absolute Gasteiger partial charge is 0.259 e. The summed E-state index contributed by atoms with van der Waals surface area (Å²) in [7, 11) is 0. The van der Waals surface area contributed by atoms with Gasteiger partial charge < -0.3 is 0 Å². The van der Waals surface area contributed by atoms with Gasteiger partial charge in [0, 0.05) is 13.8 Å². The van der Waals surface area contributed by atoms with Crippen LogP contribution in [0.25, 0.3) is 0 Å². The van der Waals surface area contributed by atoms with Crippen LogP contribution in [0.1, 0.15) is 154 Å². The van der Waals surface area contributed by atoms with Crippen LogP contribution >= 0.6 is 0 Å². The van der Waals surface area contributed by atoms with Crippen LogP contribution in [0.3, 0.4) is 0 Å². The molecule has 0 amide bonds. The quantitative estimate of drug-likeness (QED) is 0.0670. The number of nitrogens with zero attached hydrogens (tertiary/aromatic N) is 3. The molecule has 3 unspecified atom stereocenters. The smallest absolute Gasteiger partial charge is 0.239 e. The molecule has 3 atom stereocenters. The van der Waals surface area contributed by atoms with E-state index >= 15 is 0 Å². The molecule has 0 aromatic heterocycles. The number of rotatable bonds is 21. The van der Waals surface area contributed by atoms with E-state index in [1.165, 1.54) is 22.3 Å². The van der Waals surface area contributed by atoms with E-state index in [0.717, 1.165) is 76.8 Å². The van der Waals surface area contributed by atoms with Crippen LogP contribution in [-0.4, -0.2) is 14.8 Å². The highest BCUT2D eigenvalue weighted by Crippen LogP contribution is 2.16. The third-order valence-corrected chi connectivity index (χ3v) is 7.64. The monoisotopic (exact) mass is 688 g/mol. The highest BCUT2D eigenvalue weighted by Gasteiger charge is 2.05. The molecule has 0 radical (unpaired) electrons. The maximum Gasteiger partial charge on any atom is 0.239 e. The number of allylic oxidation sites excluding steroid dienone is 13. The Morgan fingerprint density at radius 2 is 0.857 bits per heavy atom. The van der Waals surface area contributed by atoms with Gasteiger partial charge in [-0.15, -0.1) is 0 Å². The summed E-state index contributed by atoms with van der Waals surface area (Å²) in [6.45, 7) is 24.3. The molecule has 0 aliphatic carbocycles. The van der Waals surface area contributed by atoms with E-state index < -0.39 is 4.92 Å². The zero-order valence-corrected chi connectivity index (χ0v) is 32.9. The molecule has 0 aromatic rings. The minimum Gasteiger partial charge on any atom is -0.259 e. The Bertz CT molecular complexity index is 1160.